The Bertz CT molecular complexity index is 266. The molecule has 0 fully saturated rings. The van der Waals surface area contributed by atoms with Gasteiger partial charge in [0, 0.05) is 12.6 Å². The molecule has 0 saturated carbocycles. The van der Waals surface area contributed by atoms with Crippen molar-refractivity contribution >= 4 is 12.1 Å². The SMILES string of the molecule is CCOC(=O)/C=C\CNC(=O)OC(C)(C)C. The Balaban J connectivity index is 3.74. The lowest BCUT2D eigenvalue weighted by atomic mass is 10.2. The smallest absolute Gasteiger partial charge is 0.407 e. The molecule has 0 radical (unpaired) electrons. The Hall–Kier alpha value is -1.52. The van der Waals surface area contributed by atoms with E-state index in [9.17, 15) is 9.59 Å². The first-order valence-corrected chi connectivity index (χ1v) is 5.15. The van der Waals surface area contributed by atoms with Crippen LogP contribution in [0.2, 0.25) is 0 Å². The minimum absolute atomic E-state index is 0.230. The van der Waals surface area contributed by atoms with E-state index in [0.717, 1.165) is 0 Å². The highest BCUT2D eigenvalue weighted by molar-refractivity contribution is 5.82. The number of nitrogens with one attached hydrogen (secondary N) is 1. The van der Waals surface area contributed by atoms with Gasteiger partial charge in [0.2, 0.25) is 0 Å². The molecular weight excluding hydrogens is 210 g/mol. The van der Waals surface area contributed by atoms with Crippen molar-refractivity contribution in [1.29, 1.82) is 0 Å². The molecule has 16 heavy (non-hydrogen) atoms. The lowest BCUT2D eigenvalue weighted by molar-refractivity contribution is -0.137. The Morgan fingerprint density at radius 3 is 2.44 bits per heavy atom. The molecule has 92 valence electrons. The molecule has 1 N–H and O–H groups in total. The molecule has 0 aromatic rings. The van der Waals surface area contributed by atoms with Crippen molar-refractivity contribution < 1.29 is 19.1 Å². The maximum atomic E-state index is 11.1. The lowest BCUT2D eigenvalue weighted by Crippen LogP contribution is -2.32. The van der Waals surface area contributed by atoms with Crippen molar-refractivity contribution in [2.24, 2.45) is 0 Å². The number of ether oxygens (including phenoxy) is 2. The number of rotatable bonds is 4. The fourth-order valence-electron chi connectivity index (χ4n) is 0.802. The fourth-order valence-corrected chi connectivity index (χ4v) is 0.802. The molecule has 0 aliphatic rings. The molecule has 5 heteroatoms. The van der Waals surface area contributed by atoms with E-state index >= 15 is 0 Å². The molecule has 0 atom stereocenters. The number of alkyl carbamates (subject to hydrolysis) is 1. The maximum Gasteiger partial charge on any atom is 0.407 e. The Labute approximate surface area is 95.8 Å². The maximum absolute atomic E-state index is 11.1. The van der Waals surface area contributed by atoms with E-state index in [-0.39, 0.29) is 6.54 Å². The number of carbonyl (C=O) groups is 2. The highest BCUT2D eigenvalue weighted by Gasteiger charge is 2.14. The largest absolute Gasteiger partial charge is 0.463 e. The third kappa shape index (κ3) is 9.05. The van der Waals surface area contributed by atoms with Gasteiger partial charge in [0.05, 0.1) is 6.61 Å². The number of amides is 1. The summed E-state index contributed by atoms with van der Waals surface area (Å²) in [4.78, 5) is 22.0. The summed E-state index contributed by atoms with van der Waals surface area (Å²) in [6.45, 7) is 7.63. The van der Waals surface area contributed by atoms with Crippen molar-refractivity contribution in [2.45, 2.75) is 33.3 Å². The van der Waals surface area contributed by atoms with E-state index in [1.165, 1.54) is 12.2 Å². The zero-order valence-electron chi connectivity index (χ0n) is 10.2. The predicted molar refractivity (Wildman–Crippen MR) is 60.0 cm³/mol. The molecule has 0 saturated heterocycles. The summed E-state index contributed by atoms with van der Waals surface area (Å²) in [5, 5.41) is 2.48. The first-order chi connectivity index (χ1) is 7.35. The van der Waals surface area contributed by atoms with Gasteiger partial charge in [-0.1, -0.05) is 6.08 Å². The van der Waals surface area contributed by atoms with E-state index in [4.69, 9.17) is 4.74 Å². The topological polar surface area (TPSA) is 64.6 Å². The van der Waals surface area contributed by atoms with Crippen LogP contribution in [0.25, 0.3) is 0 Å². The van der Waals surface area contributed by atoms with E-state index < -0.39 is 17.7 Å². The minimum Gasteiger partial charge on any atom is -0.463 e. The lowest BCUT2D eigenvalue weighted by Gasteiger charge is -2.19. The monoisotopic (exact) mass is 229 g/mol. The molecule has 0 aliphatic heterocycles. The molecule has 1 amide bonds. The average Bonchev–Trinajstić information content (AvgIpc) is 2.10. The van der Waals surface area contributed by atoms with Gasteiger partial charge in [-0.25, -0.2) is 9.59 Å². The van der Waals surface area contributed by atoms with Crippen LogP contribution in [0.1, 0.15) is 27.7 Å². The first kappa shape index (κ1) is 14.5. The second kappa shape index (κ2) is 6.87. The van der Waals surface area contributed by atoms with Crippen molar-refractivity contribution in [2.75, 3.05) is 13.2 Å². The Morgan fingerprint density at radius 1 is 1.31 bits per heavy atom. The van der Waals surface area contributed by atoms with Gasteiger partial charge in [-0.05, 0) is 27.7 Å². The van der Waals surface area contributed by atoms with Crippen LogP contribution < -0.4 is 5.32 Å². The summed E-state index contributed by atoms with van der Waals surface area (Å²) >= 11 is 0. The second-order valence-electron chi connectivity index (χ2n) is 4.04. The first-order valence-electron chi connectivity index (χ1n) is 5.15. The van der Waals surface area contributed by atoms with Crippen molar-refractivity contribution in [3.8, 4) is 0 Å². The fraction of sp³-hybridized carbons (Fsp3) is 0.636. The van der Waals surface area contributed by atoms with Crippen LogP contribution in [0.3, 0.4) is 0 Å². The number of hydrogen-bond acceptors (Lipinski definition) is 4. The normalized spacial score (nSPS) is 11.2. The zero-order valence-corrected chi connectivity index (χ0v) is 10.2. The van der Waals surface area contributed by atoms with Crippen LogP contribution in [0.4, 0.5) is 4.79 Å². The number of carbonyl (C=O) groups excluding carboxylic acids is 2. The summed E-state index contributed by atoms with van der Waals surface area (Å²) in [6, 6.07) is 0. The standard InChI is InChI=1S/C11H19NO4/c1-5-15-9(13)7-6-8-12-10(14)16-11(2,3)4/h6-7H,5,8H2,1-4H3,(H,12,14)/b7-6-. The highest BCUT2D eigenvalue weighted by atomic mass is 16.6. The van der Waals surface area contributed by atoms with Gasteiger partial charge in [0.15, 0.2) is 0 Å². The Kier molecular flexibility index (Phi) is 6.22. The summed E-state index contributed by atoms with van der Waals surface area (Å²) in [7, 11) is 0. The molecule has 0 rings (SSSR count). The molecule has 0 spiro atoms. The van der Waals surface area contributed by atoms with Gasteiger partial charge in [-0.15, -0.1) is 0 Å². The molecule has 0 unspecified atom stereocenters. The van der Waals surface area contributed by atoms with E-state index in [0.29, 0.717) is 6.61 Å². The Morgan fingerprint density at radius 2 is 1.94 bits per heavy atom. The molecule has 0 bridgehead atoms. The zero-order chi connectivity index (χ0) is 12.6. The number of hydrogen-bond donors (Lipinski definition) is 1. The van der Waals surface area contributed by atoms with Gasteiger partial charge in [0.25, 0.3) is 0 Å². The predicted octanol–water partition coefficient (Wildman–Crippen LogP) is 1.63. The second-order valence-corrected chi connectivity index (χ2v) is 4.04. The van der Waals surface area contributed by atoms with Crippen LogP contribution in [0.5, 0.6) is 0 Å². The summed E-state index contributed by atoms with van der Waals surface area (Å²) in [6.07, 6.45) is 2.25. The number of esters is 1. The van der Waals surface area contributed by atoms with Crippen LogP contribution in [0.15, 0.2) is 12.2 Å². The molecule has 0 aliphatic carbocycles. The van der Waals surface area contributed by atoms with E-state index in [1.54, 1.807) is 27.7 Å². The van der Waals surface area contributed by atoms with Crippen molar-refractivity contribution in [3.05, 3.63) is 12.2 Å². The van der Waals surface area contributed by atoms with E-state index in [1.807, 2.05) is 0 Å². The van der Waals surface area contributed by atoms with Crippen molar-refractivity contribution in [1.82, 2.24) is 5.32 Å². The molecular formula is C11H19NO4. The third-order valence-corrected chi connectivity index (χ3v) is 1.30. The van der Waals surface area contributed by atoms with Gasteiger partial charge in [-0.3, -0.25) is 0 Å². The minimum atomic E-state index is -0.519. The average molecular weight is 229 g/mol. The molecule has 0 heterocycles. The molecule has 0 aromatic carbocycles. The van der Waals surface area contributed by atoms with Gasteiger partial charge < -0.3 is 14.8 Å². The summed E-state index contributed by atoms with van der Waals surface area (Å²) in [5.41, 5.74) is -0.519. The van der Waals surface area contributed by atoms with Crippen LogP contribution in [-0.4, -0.2) is 30.8 Å². The van der Waals surface area contributed by atoms with Crippen LogP contribution in [-0.2, 0) is 14.3 Å². The third-order valence-electron chi connectivity index (χ3n) is 1.30. The van der Waals surface area contributed by atoms with E-state index in [2.05, 4.69) is 10.1 Å². The van der Waals surface area contributed by atoms with Crippen LogP contribution in [0, 0.1) is 0 Å². The van der Waals surface area contributed by atoms with Gasteiger partial charge in [-0.2, -0.15) is 0 Å². The summed E-state index contributed by atoms with van der Waals surface area (Å²) in [5.74, 6) is -0.423. The highest BCUT2D eigenvalue weighted by Crippen LogP contribution is 2.05. The molecule has 0 aromatic heterocycles. The molecule has 5 nitrogen and oxygen atoms in total. The van der Waals surface area contributed by atoms with Gasteiger partial charge in [0.1, 0.15) is 5.60 Å². The summed E-state index contributed by atoms with van der Waals surface area (Å²) < 4.78 is 9.65. The quantitative estimate of drug-likeness (QED) is 0.588. The van der Waals surface area contributed by atoms with Gasteiger partial charge >= 0.3 is 12.1 Å². The van der Waals surface area contributed by atoms with Crippen LogP contribution >= 0.6 is 0 Å². The van der Waals surface area contributed by atoms with Crippen molar-refractivity contribution in [3.63, 3.8) is 0 Å².